The Labute approximate surface area is 734 Å². The molecule has 0 aliphatic rings. The number of nitrogens with zero attached hydrogens (tertiary/aromatic N) is 8. The number of benzene rings is 12. The van der Waals surface area contributed by atoms with E-state index in [2.05, 4.69) is 168 Å². The Kier molecular flexibility index (Phi) is 19.7. The van der Waals surface area contributed by atoms with Crippen LogP contribution in [0.3, 0.4) is 0 Å². The van der Waals surface area contributed by atoms with Crippen LogP contribution in [0.5, 0.6) is 0 Å². The zero-order valence-electron chi connectivity index (χ0n) is 77.0. The minimum Gasteiger partial charge on any atom is -0.457 e. The van der Waals surface area contributed by atoms with Crippen LogP contribution in [-0.4, -0.2) is 0 Å². The second kappa shape index (κ2) is 33.1. The molecular formula is C111H90N8O2S2+4. The van der Waals surface area contributed by atoms with Crippen LogP contribution in [0.1, 0.15) is 69.7 Å². The molecule has 0 atom stereocenters. The summed E-state index contributed by atoms with van der Waals surface area (Å²) >= 11 is 3.61. The van der Waals surface area contributed by atoms with E-state index in [0.717, 1.165) is 105 Å². The Balaban J connectivity index is 0.000000121. The van der Waals surface area contributed by atoms with Crippen molar-refractivity contribution in [3.05, 3.63) is 380 Å². The summed E-state index contributed by atoms with van der Waals surface area (Å²) in [6.45, 7) is 48.5. The minimum atomic E-state index is -2.32. The van der Waals surface area contributed by atoms with Crippen LogP contribution in [0.25, 0.3) is 193 Å². The first-order valence-electron chi connectivity index (χ1n) is 43.6. The van der Waals surface area contributed by atoms with Crippen molar-refractivity contribution in [2.75, 3.05) is 0 Å². The van der Waals surface area contributed by atoms with Gasteiger partial charge >= 0.3 is 0 Å². The van der Waals surface area contributed by atoms with Crippen LogP contribution in [-0.2, 0) is 28.2 Å². The van der Waals surface area contributed by atoms with Crippen LogP contribution in [0.4, 0.5) is 22.7 Å². The second-order valence-corrected chi connectivity index (χ2v) is 33.6. The van der Waals surface area contributed by atoms with E-state index in [0.29, 0.717) is 74.1 Å². The van der Waals surface area contributed by atoms with Gasteiger partial charge in [0.2, 0.25) is 22.8 Å². The molecule has 123 heavy (non-hydrogen) atoms. The molecule has 0 unspecified atom stereocenters. The van der Waals surface area contributed by atoms with Gasteiger partial charge in [-0.15, -0.1) is 22.7 Å². The first-order chi connectivity index (χ1) is 62.1. The summed E-state index contributed by atoms with van der Waals surface area (Å²) in [5.74, 6) is 0. The standard InChI is InChI=1S/C29H25N2O.C28H23N2O.2C27H21N2S/c1-17-12-15-25-28(26(17)24-16-18(2)19(3)20(4)31(24)6)22-13-14-23(30-5)27(29(22)32-25)21-10-8-7-9-11-21;1-17-15-19(3)30(5)23(16-17)25-18(2)11-14-24-27(25)21-12-13-22(29-4)26(28(21)31-24)20-9-7-6-8-10-20;1-17-10-15-23(29(4)16-17)24-18(2)11-12-20-21-13-14-22(28-3)25(27(21)30-26(20)24)19-8-6-5-7-9-19;1-17-14-15-29(4)23(16-17)24-18(2)10-11-20-21-12-13-22(28-3)25(27(21)30-26(20)24)19-8-6-5-7-9-19/h7-16H,1-4,6H3;6-16H,1-3,5H3;2*5-16H,1-2,4H3/q4*+1/i3D3,16D;15D,16D;;. The lowest BCUT2D eigenvalue weighted by Crippen LogP contribution is -2.36. The predicted octanol–water partition coefficient (Wildman–Crippen LogP) is 29.5. The molecule has 0 N–H and O–H groups in total. The van der Waals surface area contributed by atoms with Gasteiger partial charge in [0.05, 0.1) is 52.7 Å². The molecule has 594 valence electrons. The maximum Gasteiger partial charge on any atom is 0.214 e. The molecule has 0 saturated carbocycles. The summed E-state index contributed by atoms with van der Waals surface area (Å²) in [7, 11) is 7.94. The maximum absolute atomic E-state index is 9.02. The summed E-state index contributed by atoms with van der Waals surface area (Å²) in [6.07, 6.45) is 4.30. The van der Waals surface area contributed by atoms with Gasteiger partial charge in [-0.3, -0.25) is 0 Å². The molecule has 0 aliphatic carbocycles. The largest absolute Gasteiger partial charge is 0.457 e. The van der Waals surface area contributed by atoms with Crippen molar-refractivity contribution in [1.29, 1.82) is 0 Å². The van der Waals surface area contributed by atoms with E-state index in [1.165, 1.54) is 85.1 Å². The molecule has 0 radical (unpaired) electrons. The summed E-state index contributed by atoms with van der Waals surface area (Å²) in [5, 5.41) is 8.50. The van der Waals surface area contributed by atoms with Crippen LogP contribution < -0.4 is 18.3 Å². The fraction of sp³-hybridized carbons (Fsp3) is 0.135. The van der Waals surface area contributed by atoms with Gasteiger partial charge in [0.25, 0.3) is 0 Å². The molecule has 0 saturated heterocycles. The Bertz CT molecular complexity index is 8170. The van der Waals surface area contributed by atoms with Gasteiger partial charge in [-0.25, -0.2) is 28.5 Å². The van der Waals surface area contributed by atoms with Crippen LogP contribution in [0.15, 0.2) is 282 Å². The molecule has 20 rings (SSSR count). The third kappa shape index (κ3) is 14.4. The quantitative estimate of drug-likeness (QED) is 0.112. The highest BCUT2D eigenvalue weighted by Gasteiger charge is 2.30. The average Bonchev–Trinajstić information content (AvgIpc) is 1.58. The predicted molar refractivity (Wildman–Crippen MR) is 511 cm³/mol. The van der Waals surface area contributed by atoms with Crippen molar-refractivity contribution in [3.63, 3.8) is 0 Å². The van der Waals surface area contributed by atoms with E-state index < -0.39 is 6.85 Å². The molecule has 0 aliphatic heterocycles. The fourth-order valence-electron chi connectivity index (χ4n) is 17.3. The molecule has 0 amide bonds. The fourth-order valence-corrected chi connectivity index (χ4v) is 20.3. The molecule has 10 nitrogen and oxygen atoms in total. The third-order valence-electron chi connectivity index (χ3n) is 23.7. The average molecular weight is 1640 g/mol. The Morgan fingerprint density at radius 3 is 1.14 bits per heavy atom. The Morgan fingerprint density at radius 1 is 0.325 bits per heavy atom. The highest BCUT2D eigenvalue weighted by atomic mass is 32.1. The summed E-state index contributed by atoms with van der Waals surface area (Å²) in [6, 6.07) is 82.3. The van der Waals surface area contributed by atoms with E-state index in [1.807, 2.05) is 209 Å². The number of fused-ring (bicyclic) bond motifs is 12. The third-order valence-corrected chi connectivity index (χ3v) is 26.2. The molecule has 12 heteroatoms. The summed E-state index contributed by atoms with van der Waals surface area (Å²) in [4.78, 5) is 15.2. The molecule has 0 bridgehead atoms. The summed E-state index contributed by atoms with van der Waals surface area (Å²) in [5.41, 5.74) is 30.7. The van der Waals surface area contributed by atoms with Crippen LogP contribution >= 0.6 is 22.7 Å². The Hall–Kier alpha value is -14.8. The zero-order valence-corrected chi connectivity index (χ0v) is 72.6. The van der Waals surface area contributed by atoms with E-state index in [4.69, 9.17) is 43.3 Å². The monoisotopic (exact) mass is 1640 g/mol. The number of thiophene rings is 2. The number of aromatic nitrogens is 4. The second-order valence-electron chi connectivity index (χ2n) is 31.6. The van der Waals surface area contributed by atoms with Crippen molar-refractivity contribution >= 4 is 130 Å². The normalized spacial score (nSPS) is 12.0. The van der Waals surface area contributed by atoms with E-state index >= 15 is 0 Å². The minimum absolute atomic E-state index is 0.181. The van der Waals surface area contributed by atoms with Gasteiger partial charge in [-0.1, -0.05) is 206 Å². The van der Waals surface area contributed by atoms with Crippen molar-refractivity contribution in [1.82, 2.24) is 0 Å². The van der Waals surface area contributed by atoms with Gasteiger partial charge in [0, 0.05) is 139 Å². The van der Waals surface area contributed by atoms with Crippen LogP contribution in [0, 0.1) is 102 Å². The zero-order chi connectivity index (χ0) is 91.0. The van der Waals surface area contributed by atoms with Crippen molar-refractivity contribution < 1.29 is 35.3 Å². The molecule has 12 aromatic carbocycles. The highest BCUT2D eigenvalue weighted by Crippen LogP contribution is 2.52. The molecule has 0 spiro atoms. The molecule has 8 aromatic heterocycles. The van der Waals surface area contributed by atoms with Gasteiger partial charge in [-0.2, -0.15) is 9.13 Å². The van der Waals surface area contributed by atoms with E-state index in [-0.39, 0.29) is 11.6 Å². The molecule has 8 heterocycles. The van der Waals surface area contributed by atoms with Crippen molar-refractivity contribution in [3.8, 4) is 89.5 Å². The number of aryl methyl sites for hydroxylation is 8. The van der Waals surface area contributed by atoms with Gasteiger partial charge in [-0.05, 0) is 152 Å². The number of hydrogen-bond donors (Lipinski definition) is 0. The number of rotatable bonds is 8. The lowest BCUT2D eigenvalue weighted by molar-refractivity contribution is -0.667. The Morgan fingerprint density at radius 2 is 0.707 bits per heavy atom. The number of hydrogen-bond acceptors (Lipinski definition) is 4. The van der Waals surface area contributed by atoms with E-state index in [1.54, 1.807) is 36.5 Å². The highest BCUT2D eigenvalue weighted by molar-refractivity contribution is 7.27. The lowest BCUT2D eigenvalue weighted by atomic mass is 9.94. The van der Waals surface area contributed by atoms with Crippen molar-refractivity contribution in [2.24, 2.45) is 28.2 Å². The molecular weight excluding hydrogens is 1540 g/mol. The first kappa shape index (κ1) is 73.4. The van der Waals surface area contributed by atoms with Gasteiger partial charge in [0.1, 0.15) is 50.5 Å². The summed E-state index contributed by atoms with van der Waals surface area (Å²) < 4.78 is 76.3. The smallest absolute Gasteiger partial charge is 0.214 e. The molecule has 20 aromatic rings. The number of pyridine rings is 4. The van der Waals surface area contributed by atoms with Gasteiger partial charge < -0.3 is 8.83 Å². The first-order valence-corrected chi connectivity index (χ1v) is 42.3. The lowest BCUT2D eigenvalue weighted by Gasteiger charge is -2.11. The van der Waals surface area contributed by atoms with Gasteiger partial charge in [0.15, 0.2) is 46.5 Å². The maximum atomic E-state index is 9.02. The topological polar surface area (TPSA) is 59.2 Å². The van der Waals surface area contributed by atoms with Crippen molar-refractivity contribution in [2.45, 2.75) is 76.1 Å². The van der Waals surface area contributed by atoms with E-state index in [9.17, 15) is 0 Å². The van der Waals surface area contributed by atoms with Crippen LogP contribution in [0.2, 0.25) is 0 Å². The number of furan rings is 2. The molecule has 0 fully saturated rings. The SMILES string of the molecule is [2H]c1c(C)c(C([2H])([2H])[2H])c(C)[n+](C)c1-c1c(C)ccc2oc3c(-c4ccccc4)c([N+]#[C-])ccc3c12.[2H]c1c(C)c([2H])c(-c2c(C)ccc3oc4c(-c5ccccc5)c([N+]#[C-])ccc4c23)[n+](C)c1C.[C-]#[N+]c1ccc2c(sc3c(-c4cc(C)cc[n+]4C)c(C)ccc32)c1-c1ccccc1.[C-]#[N+]c1ccc2c(sc3c(-c4ccc(C)c[n+]4C)c(C)ccc32)c1-c1ccccc1.